The van der Waals surface area contributed by atoms with Crippen molar-refractivity contribution in [3.05, 3.63) is 46.3 Å². The highest BCUT2D eigenvalue weighted by Crippen LogP contribution is 2.31. The molecule has 0 atom stereocenters. The van der Waals surface area contributed by atoms with Gasteiger partial charge in [0.1, 0.15) is 23.2 Å². The fourth-order valence-corrected chi connectivity index (χ4v) is 4.70. The molecule has 0 radical (unpaired) electrons. The molecule has 3 aromatic rings. The van der Waals surface area contributed by atoms with Crippen LogP contribution < -0.4 is 10.3 Å². The Labute approximate surface area is 179 Å². The molecule has 6 nitrogen and oxygen atoms in total. The lowest BCUT2D eigenvalue weighted by atomic mass is 9.98. The first-order valence-corrected chi connectivity index (χ1v) is 11.4. The molecule has 0 saturated heterocycles. The Balaban J connectivity index is 1.56. The Morgan fingerprint density at radius 2 is 1.97 bits per heavy atom. The molecule has 1 saturated carbocycles. The van der Waals surface area contributed by atoms with E-state index in [2.05, 4.69) is 11.9 Å². The summed E-state index contributed by atoms with van der Waals surface area (Å²) in [7, 11) is 0. The molecule has 1 fully saturated rings. The smallest absolute Gasteiger partial charge is 0.326 e. The number of nitrogens with zero attached hydrogens (tertiary/aromatic N) is 2. The SMILES string of the molecule is CCCOc1ccc(-c2csc3ncn(CC(=O)OC4CCCCC4)c(=O)c23)cc1. The van der Waals surface area contributed by atoms with Gasteiger partial charge in [0, 0.05) is 10.9 Å². The predicted molar refractivity (Wildman–Crippen MR) is 118 cm³/mol. The Morgan fingerprint density at radius 1 is 1.20 bits per heavy atom. The summed E-state index contributed by atoms with van der Waals surface area (Å²) in [6.07, 6.45) is 7.55. The average molecular weight is 427 g/mol. The van der Waals surface area contributed by atoms with Crippen LogP contribution in [0.25, 0.3) is 21.3 Å². The number of aromatic nitrogens is 2. The maximum absolute atomic E-state index is 13.1. The third kappa shape index (κ3) is 4.56. The van der Waals surface area contributed by atoms with Crippen molar-refractivity contribution < 1.29 is 14.3 Å². The highest BCUT2D eigenvalue weighted by Gasteiger charge is 2.19. The minimum absolute atomic E-state index is 0.0243. The van der Waals surface area contributed by atoms with Crippen LogP contribution in [0.5, 0.6) is 5.75 Å². The van der Waals surface area contributed by atoms with Gasteiger partial charge < -0.3 is 9.47 Å². The second kappa shape index (κ2) is 9.43. The standard InChI is InChI=1S/C23H26N2O4S/c1-2-12-28-17-10-8-16(9-11-17)19-14-30-22-21(19)23(27)25(15-24-22)13-20(26)29-18-6-4-3-5-7-18/h8-11,14-15,18H,2-7,12-13H2,1H3. The van der Waals surface area contributed by atoms with Gasteiger partial charge in [-0.3, -0.25) is 14.2 Å². The monoisotopic (exact) mass is 426 g/mol. The molecule has 30 heavy (non-hydrogen) atoms. The van der Waals surface area contributed by atoms with Crippen LogP contribution in [0, 0.1) is 0 Å². The molecule has 0 amide bonds. The second-order valence-electron chi connectivity index (χ2n) is 7.63. The number of fused-ring (bicyclic) bond motifs is 1. The first-order chi connectivity index (χ1) is 14.7. The van der Waals surface area contributed by atoms with Crippen molar-refractivity contribution >= 4 is 27.5 Å². The molecule has 0 spiro atoms. The van der Waals surface area contributed by atoms with E-state index in [1.807, 2.05) is 29.6 Å². The molecule has 1 aromatic carbocycles. The third-order valence-corrected chi connectivity index (χ3v) is 6.23. The number of hydrogen-bond donors (Lipinski definition) is 0. The van der Waals surface area contributed by atoms with E-state index in [0.29, 0.717) is 16.8 Å². The van der Waals surface area contributed by atoms with Crippen molar-refractivity contribution in [3.8, 4) is 16.9 Å². The molecule has 0 aliphatic heterocycles. The van der Waals surface area contributed by atoms with Gasteiger partial charge in [0.25, 0.3) is 5.56 Å². The molecular formula is C23H26N2O4S. The van der Waals surface area contributed by atoms with Gasteiger partial charge in [-0.1, -0.05) is 25.5 Å². The van der Waals surface area contributed by atoms with Crippen LogP contribution in [0.3, 0.4) is 0 Å². The highest BCUT2D eigenvalue weighted by atomic mass is 32.1. The first-order valence-electron chi connectivity index (χ1n) is 10.5. The van der Waals surface area contributed by atoms with E-state index < -0.39 is 0 Å². The Hall–Kier alpha value is -2.67. The molecule has 0 bridgehead atoms. The zero-order valence-electron chi connectivity index (χ0n) is 17.1. The quantitative estimate of drug-likeness (QED) is 0.508. The molecule has 0 unspecified atom stereocenters. The number of benzene rings is 1. The third-order valence-electron chi connectivity index (χ3n) is 5.35. The van der Waals surface area contributed by atoms with E-state index >= 15 is 0 Å². The van der Waals surface area contributed by atoms with Crippen molar-refractivity contribution in [1.82, 2.24) is 9.55 Å². The van der Waals surface area contributed by atoms with Gasteiger partial charge in [0.2, 0.25) is 0 Å². The molecule has 0 N–H and O–H groups in total. The summed E-state index contributed by atoms with van der Waals surface area (Å²) < 4.78 is 12.6. The largest absolute Gasteiger partial charge is 0.494 e. The topological polar surface area (TPSA) is 70.4 Å². The lowest BCUT2D eigenvalue weighted by Gasteiger charge is -2.21. The van der Waals surface area contributed by atoms with E-state index in [1.165, 1.54) is 28.7 Å². The summed E-state index contributed by atoms with van der Waals surface area (Å²) in [5.74, 6) is 0.431. The van der Waals surface area contributed by atoms with Crippen molar-refractivity contribution in [2.75, 3.05) is 6.61 Å². The van der Waals surface area contributed by atoms with Crippen LogP contribution in [0.1, 0.15) is 45.4 Å². The fourth-order valence-electron chi connectivity index (χ4n) is 3.79. The van der Waals surface area contributed by atoms with Crippen molar-refractivity contribution in [2.45, 2.75) is 58.1 Å². The van der Waals surface area contributed by atoms with E-state index in [-0.39, 0.29) is 24.2 Å². The fraction of sp³-hybridized carbons (Fsp3) is 0.435. The van der Waals surface area contributed by atoms with Gasteiger partial charge in [-0.05, 0) is 49.8 Å². The number of carbonyl (C=O) groups is 1. The number of hydrogen-bond acceptors (Lipinski definition) is 6. The molecule has 2 heterocycles. The summed E-state index contributed by atoms with van der Waals surface area (Å²) in [6.45, 7) is 2.62. The highest BCUT2D eigenvalue weighted by molar-refractivity contribution is 7.17. The van der Waals surface area contributed by atoms with Crippen LogP contribution in [0.2, 0.25) is 0 Å². The Kier molecular flexibility index (Phi) is 6.47. The molecule has 158 valence electrons. The number of thiophene rings is 1. The summed E-state index contributed by atoms with van der Waals surface area (Å²) in [6, 6.07) is 7.71. The van der Waals surface area contributed by atoms with E-state index in [9.17, 15) is 9.59 Å². The van der Waals surface area contributed by atoms with Crippen molar-refractivity contribution in [2.24, 2.45) is 0 Å². The zero-order chi connectivity index (χ0) is 20.9. The first kappa shape index (κ1) is 20.6. The van der Waals surface area contributed by atoms with Crippen LogP contribution >= 0.6 is 11.3 Å². The number of esters is 1. The van der Waals surface area contributed by atoms with Gasteiger partial charge in [0.15, 0.2) is 0 Å². The number of carbonyl (C=O) groups excluding carboxylic acids is 1. The predicted octanol–water partition coefficient (Wildman–Crippen LogP) is 4.79. The molecule has 1 aliphatic rings. The van der Waals surface area contributed by atoms with Crippen LogP contribution in [-0.2, 0) is 16.1 Å². The van der Waals surface area contributed by atoms with E-state index in [1.54, 1.807) is 0 Å². The van der Waals surface area contributed by atoms with Crippen molar-refractivity contribution in [1.29, 1.82) is 0 Å². The lowest BCUT2D eigenvalue weighted by molar-refractivity contribution is -0.151. The molecule has 1 aliphatic carbocycles. The number of ether oxygens (including phenoxy) is 2. The molecule has 2 aromatic heterocycles. The van der Waals surface area contributed by atoms with Gasteiger partial charge >= 0.3 is 5.97 Å². The average Bonchev–Trinajstić information content (AvgIpc) is 3.20. The summed E-state index contributed by atoms with van der Waals surface area (Å²) in [5, 5.41) is 2.47. The maximum atomic E-state index is 13.1. The van der Waals surface area contributed by atoms with Gasteiger partial charge in [0.05, 0.1) is 18.3 Å². The number of rotatable bonds is 7. The second-order valence-corrected chi connectivity index (χ2v) is 8.49. The van der Waals surface area contributed by atoms with E-state index in [0.717, 1.165) is 49.0 Å². The molecule has 7 heteroatoms. The Morgan fingerprint density at radius 3 is 2.70 bits per heavy atom. The van der Waals surface area contributed by atoms with Gasteiger partial charge in [-0.2, -0.15) is 0 Å². The molecular weight excluding hydrogens is 400 g/mol. The van der Waals surface area contributed by atoms with Gasteiger partial charge in [-0.25, -0.2) is 4.98 Å². The maximum Gasteiger partial charge on any atom is 0.326 e. The van der Waals surface area contributed by atoms with Crippen LogP contribution in [0.4, 0.5) is 0 Å². The summed E-state index contributed by atoms with van der Waals surface area (Å²) in [5.41, 5.74) is 1.53. The van der Waals surface area contributed by atoms with Crippen LogP contribution in [0.15, 0.2) is 40.8 Å². The minimum atomic E-state index is -0.376. The molecule has 4 rings (SSSR count). The lowest BCUT2D eigenvalue weighted by Crippen LogP contribution is -2.28. The van der Waals surface area contributed by atoms with Crippen molar-refractivity contribution in [3.63, 3.8) is 0 Å². The minimum Gasteiger partial charge on any atom is -0.494 e. The zero-order valence-corrected chi connectivity index (χ0v) is 18.0. The van der Waals surface area contributed by atoms with E-state index in [4.69, 9.17) is 9.47 Å². The Bertz CT molecular complexity index is 1060. The summed E-state index contributed by atoms with van der Waals surface area (Å²) >= 11 is 1.43. The summed E-state index contributed by atoms with van der Waals surface area (Å²) in [4.78, 5) is 30.5. The normalized spacial score (nSPS) is 14.7. The van der Waals surface area contributed by atoms with Crippen LogP contribution in [-0.4, -0.2) is 28.2 Å². The van der Waals surface area contributed by atoms with Gasteiger partial charge in [-0.15, -0.1) is 11.3 Å².